The van der Waals surface area contributed by atoms with Crippen LogP contribution in [-0.4, -0.2) is 19.7 Å². The van der Waals surface area contributed by atoms with Crippen molar-refractivity contribution in [3.8, 4) is 16.3 Å². The average Bonchev–Trinajstić information content (AvgIpc) is 3.39. The Morgan fingerprint density at radius 1 is 1.11 bits per heavy atom. The van der Waals surface area contributed by atoms with Gasteiger partial charge < -0.3 is 5.32 Å². The second-order valence-corrected chi connectivity index (χ2v) is 7.04. The summed E-state index contributed by atoms with van der Waals surface area (Å²) in [6.07, 6.45) is 3.20. The highest BCUT2D eigenvalue weighted by molar-refractivity contribution is 7.13. The zero-order valence-electron chi connectivity index (χ0n) is 14.7. The maximum Gasteiger partial charge on any atom is 0.138 e. The van der Waals surface area contributed by atoms with E-state index >= 15 is 0 Å². The van der Waals surface area contributed by atoms with Crippen LogP contribution in [0.2, 0.25) is 0 Å². The predicted octanol–water partition coefficient (Wildman–Crippen LogP) is 4.38. The largest absolute Gasteiger partial charge is 0.305 e. The molecule has 0 spiro atoms. The third kappa shape index (κ3) is 4.10. The van der Waals surface area contributed by atoms with Gasteiger partial charge >= 0.3 is 0 Å². The number of hydrogen-bond donors (Lipinski definition) is 1. The number of nitrogens with zero attached hydrogens (tertiary/aromatic N) is 4. The van der Waals surface area contributed by atoms with E-state index in [1.807, 2.05) is 17.5 Å². The molecular formula is C20H18FN5S. The number of nitrogens with one attached hydrogen (secondary N) is 1. The fraction of sp³-hybridized carbons (Fsp3) is 0.150. The maximum atomic E-state index is 13.0. The minimum absolute atomic E-state index is 0.186. The van der Waals surface area contributed by atoms with Crippen LogP contribution in [0.1, 0.15) is 24.2 Å². The molecule has 4 aromatic rings. The molecular weight excluding hydrogens is 361 g/mol. The van der Waals surface area contributed by atoms with Crippen molar-refractivity contribution in [3.05, 3.63) is 83.6 Å². The van der Waals surface area contributed by atoms with E-state index in [2.05, 4.69) is 39.4 Å². The van der Waals surface area contributed by atoms with E-state index in [9.17, 15) is 4.39 Å². The minimum Gasteiger partial charge on any atom is -0.305 e. The first-order chi connectivity index (χ1) is 13.2. The van der Waals surface area contributed by atoms with Gasteiger partial charge in [-0.15, -0.1) is 11.3 Å². The number of hydrogen-bond acceptors (Lipinski definition) is 5. The molecule has 1 unspecified atom stereocenters. The summed E-state index contributed by atoms with van der Waals surface area (Å²) in [5, 5.41) is 10.6. The Hall–Kier alpha value is -2.90. The van der Waals surface area contributed by atoms with Gasteiger partial charge in [-0.25, -0.2) is 19.0 Å². The Morgan fingerprint density at radius 3 is 2.59 bits per heavy atom. The molecule has 0 saturated carbocycles. The monoisotopic (exact) mass is 379 g/mol. The minimum atomic E-state index is -0.235. The quantitative estimate of drug-likeness (QED) is 0.540. The lowest BCUT2D eigenvalue weighted by Gasteiger charge is -2.14. The van der Waals surface area contributed by atoms with E-state index in [-0.39, 0.29) is 11.9 Å². The van der Waals surface area contributed by atoms with E-state index in [0.717, 1.165) is 22.0 Å². The van der Waals surface area contributed by atoms with Crippen molar-refractivity contribution < 1.29 is 4.39 Å². The van der Waals surface area contributed by atoms with Gasteiger partial charge in [0.05, 0.1) is 11.4 Å². The molecule has 5 nitrogen and oxygen atoms in total. The first-order valence-electron chi connectivity index (χ1n) is 8.58. The highest BCUT2D eigenvalue weighted by Crippen LogP contribution is 2.24. The van der Waals surface area contributed by atoms with Crippen molar-refractivity contribution in [2.75, 3.05) is 0 Å². The SMILES string of the molecule is CC(NCc1csc(-c2ccc(F)cc2)n1)c1ccc(-n2cncn2)cc1. The first-order valence-corrected chi connectivity index (χ1v) is 9.46. The zero-order chi connectivity index (χ0) is 18.6. The third-order valence-corrected chi connectivity index (χ3v) is 5.25. The molecule has 1 atom stereocenters. The van der Waals surface area contributed by atoms with E-state index < -0.39 is 0 Å². The third-order valence-electron chi connectivity index (χ3n) is 4.31. The lowest BCUT2D eigenvalue weighted by atomic mass is 10.1. The maximum absolute atomic E-state index is 13.0. The van der Waals surface area contributed by atoms with Gasteiger partial charge in [-0.1, -0.05) is 12.1 Å². The Labute approximate surface area is 160 Å². The summed E-state index contributed by atoms with van der Waals surface area (Å²) < 4.78 is 14.8. The van der Waals surface area contributed by atoms with Crippen molar-refractivity contribution in [1.29, 1.82) is 0 Å². The normalized spacial score (nSPS) is 12.2. The number of thiazole rings is 1. The van der Waals surface area contributed by atoms with Gasteiger partial charge in [0.1, 0.15) is 23.5 Å². The highest BCUT2D eigenvalue weighted by atomic mass is 32.1. The summed E-state index contributed by atoms with van der Waals surface area (Å²) in [7, 11) is 0. The molecule has 2 heterocycles. The van der Waals surface area contributed by atoms with Crippen molar-refractivity contribution in [2.45, 2.75) is 19.5 Å². The van der Waals surface area contributed by atoms with Crippen LogP contribution in [-0.2, 0) is 6.54 Å². The van der Waals surface area contributed by atoms with Gasteiger partial charge in [0.25, 0.3) is 0 Å². The van der Waals surface area contributed by atoms with Crippen LogP contribution in [0.3, 0.4) is 0 Å². The van der Waals surface area contributed by atoms with Crippen molar-refractivity contribution in [3.63, 3.8) is 0 Å². The van der Waals surface area contributed by atoms with Gasteiger partial charge in [0.15, 0.2) is 0 Å². The summed E-state index contributed by atoms with van der Waals surface area (Å²) in [5.74, 6) is -0.235. The molecule has 1 N–H and O–H groups in total. The first kappa shape index (κ1) is 17.5. The predicted molar refractivity (Wildman–Crippen MR) is 104 cm³/mol. The van der Waals surface area contributed by atoms with E-state index in [0.29, 0.717) is 6.54 Å². The summed E-state index contributed by atoms with van der Waals surface area (Å²) >= 11 is 1.57. The van der Waals surface area contributed by atoms with Gasteiger partial charge in [0, 0.05) is 23.5 Å². The Kier molecular flexibility index (Phi) is 5.04. The van der Waals surface area contributed by atoms with Crippen LogP contribution >= 0.6 is 11.3 Å². The highest BCUT2D eigenvalue weighted by Gasteiger charge is 2.09. The smallest absolute Gasteiger partial charge is 0.138 e. The van der Waals surface area contributed by atoms with Crippen molar-refractivity contribution in [1.82, 2.24) is 25.1 Å². The van der Waals surface area contributed by atoms with E-state index in [1.165, 1.54) is 24.0 Å². The van der Waals surface area contributed by atoms with Crippen LogP contribution in [0.25, 0.3) is 16.3 Å². The number of rotatable bonds is 6. The molecule has 2 aromatic heterocycles. The second-order valence-electron chi connectivity index (χ2n) is 6.19. The summed E-state index contributed by atoms with van der Waals surface area (Å²) in [6.45, 7) is 2.79. The average molecular weight is 379 g/mol. The Bertz CT molecular complexity index is 994. The molecule has 2 aromatic carbocycles. The Morgan fingerprint density at radius 2 is 1.89 bits per heavy atom. The molecule has 27 heavy (non-hydrogen) atoms. The van der Waals surface area contributed by atoms with Crippen molar-refractivity contribution in [2.24, 2.45) is 0 Å². The Balaban J connectivity index is 1.38. The van der Waals surface area contributed by atoms with Crippen LogP contribution in [0.15, 0.2) is 66.6 Å². The second kappa shape index (κ2) is 7.77. The molecule has 0 amide bonds. The van der Waals surface area contributed by atoms with Crippen LogP contribution in [0.5, 0.6) is 0 Å². The molecule has 0 saturated heterocycles. The summed E-state index contributed by atoms with van der Waals surface area (Å²) in [4.78, 5) is 8.60. The van der Waals surface area contributed by atoms with E-state index in [4.69, 9.17) is 0 Å². The fourth-order valence-electron chi connectivity index (χ4n) is 2.75. The van der Waals surface area contributed by atoms with Crippen LogP contribution < -0.4 is 5.32 Å². The fourth-order valence-corrected chi connectivity index (χ4v) is 3.57. The van der Waals surface area contributed by atoms with Gasteiger partial charge in [-0.2, -0.15) is 5.10 Å². The summed E-state index contributed by atoms with van der Waals surface area (Å²) in [6, 6.07) is 14.8. The lowest BCUT2D eigenvalue weighted by molar-refractivity contribution is 0.569. The molecule has 0 bridgehead atoms. The van der Waals surface area contributed by atoms with Crippen LogP contribution in [0, 0.1) is 5.82 Å². The number of aromatic nitrogens is 4. The standard InChI is InChI=1S/C20H18FN5S/c1-14(15-4-8-19(9-5-15)26-13-22-12-24-26)23-10-18-11-27-20(25-18)16-2-6-17(21)7-3-16/h2-9,11-14,23H,10H2,1H3. The van der Waals surface area contributed by atoms with E-state index in [1.54, 1.807) is 34.5 Å². The van der Waals surface area contributed by atoms with Gasteiger partial charge in [-0.3, -0.25) is 0 Å². The molecule has 0 aliphatic heterocycles. The molecule has 4 rings (SSSR count). The molecule has 7 heteroatoms. The van der Waals surface area contributed by atoms with Crippen molar-refractivity contribution >= 4 is 11.3 Å². The zero-order valence-corrected chi connectivity index (χ0v) is 15.5. The molecule has 0 aliphatic carbocycles. The molecule has 0 aliphatic rings. The lowest BCUT2D eigenvalue weighted by Crippen LogP contribution is -2.18. The molecule has 0 fully saturated rings. The van der Waals surface area contributed by atoms with Gasteiger partial charge in [-0.05, 0) is 48.9 Å². The number of benzene rings is 2. The topological polar surface area (TPSA) is 55.6 Å². The molecule has 136 valence electrons. The number of halogens is 1. The van der Waals surface area contributed by atoms with Crippen LogP contribution in [0.4, 0.5) is 4.39 Å². The van der Waals surface area contributed by atoms with Gasteiger partial charge in [0.2, 0.25) is 0 Å². The summed E-state index contributed by atoms with van der Waals surface area (Å²) in [5.41, 5.74) is 4.08. The molecule has 0 radical (unpaired) electrons.